The van der Waals surface area contributed by atoms with E-state index in [0.29, 0.717) is 35.1 Å². The molecular weight excluding hydrogens is 378 g/mol. The van der Waals surface area contributed by atoms with Crippen molar-refractivity contribution in [1.29, 1.82) is 0 Å². The lowest BCUT2D eigenvalue weighted by Gasteiger charge is -2.35. The Balaban J connectivity index is 1.66. The predicted molar refractivity (Wildman–Crippen MR) is 107 cm³/mol. The molecular formula is C22H22ClNO4. The van der Waals surface area contributed by atoms with Crippen LogP contribution in [-0.4, -0.2) is 17.5 Å². The highest BCUT2D eigenvalue weighted by Crippen LogP contribution is 2.65. The average molecular weight is 400 g/mol. The number of para-hydroxylation sites is 1. The van der Waals surface area contributed by atoms with Crippen molar-refractivity contribution in [2.24, 2.45) is 10.8 Å². The molecule has 5 nitrogen and oxygen atoms in total. The van der Waals surface area contributed by atoms with Crippen LogP contribution >= 0.6 is 11.6 Å². The molecule has 28 heavy (non-hydrogen) atoms. The van der Waals surface area contributed by atoms with E-state index in [-0.39, 0.29) is 11.9 Å². The highest BCUT2D eigenvalue weighted by molar-refractivity contribution is 6.31. The number of rotatable bonds is 4. The summed E-state index contributed by atoms with van der Waals surface area (Å²) in [5, 5.41) is 3.36. The Labute approximate surface area is 169 Å². The first kappa shape index (κ1) is 18.8. The Morgan fingerprint density at radius 1 is 1.11 bits per heavy atom. The van der Waals surface area contributed by atoms with E-state index in [2.05, 4.69) is 5.32 Å². The van der Waals surface area contributed by atoms with Crippen LogP contribution < -0.4 is 10.1 Å². The minimum Gasteiger partial charge on any atom is -0.455 e. The molecule has 1 heterocycles. The topological polar surface area (TPSA) is 64.6 Å². The second kappa shape index (κ2) is 6.24. The first-order valence-corrected chi connectivity index (χ1v) is 9.65. The molecule has 2 bridgehead atoms. The zero-order chi connectivity index (χ0) is 20.2. The SMILES string of the molecule is CC12CCC(C(=O)Nc3cc(Cl)ccc3Oc3ccccc3)(OC1=O)C2(C)C. The Bertz CT molecular complexity index is 958. The van der Waals surface area contributed by atoms with Crippen LogP contribution in [0.15, 0.2) is 48.5 Å². The third kappa shape index (κ3) is 2.53. The maximum atomic E-state index is 13.3. The van der Waals surface area contributed by atoms with Crippen LogP contribution in [0.1, 0.15) is 33.6 Å². The molecule has 2 fully saturated rings. The van der Waals surface area contributed by atoms with Gasteiger partial charge in [0, 0.05) is 10.4 Å². The van der Waals surface area contributed by atoms with Gasteiger partial charge in [-0.3, -0.25) is 9.59 Å². The molecule has 2 aromatic rings. The lowest BCUT2D eigenvalue weighted by atomic mass is 9.66. The summed E-state index contributed by atoms with van der Waals surface area (Å²) in [4.78, 5) is 25.8. The van der Waals surface area contributed by atoms with Gasteiger partial charge in [0.25, 0.3) is 5.91 Å². The molecule has 1 aliphatic carbocycles. The molecule has 2 aromatic carbocycles. The quantitative estimate of drug-likeness (QED) is 0.718. The molecule has 0 radical (unpaired) electrons. The van der Waals surface area contributed by atoms with E-state index < -0.39 is 16.4 Å². The number of benzene rings is 2. The fraction of sp³-hybridized carbons (Fsp3) is 0.364. The molecule has 146 valence electrons. The lowest BCUT2D eigenvalue weighted by Crippen LogP contribution is -2.50. The van der Waals surface area contributed by atoms with Crippen LogP contribution in [0, 0.1) is 10.8 Å². The zero-order valence-corrected chi connectivity index (χ0v) is 16.8. The van der Waals surface area contributed by atoms with Gasteiger partial charge in [-0.2, -0.15) is 0 Å². The first-order chi connectivity index (χ1) is 13.2. The van der Waals surface area contributed by atoms with E-state index in [1.54, 1.807) is 18.2 Å². The molecule has 2 atom stereocenters. The Hall–Kier alpha value is -2.53. The van der Waals surface area contributed by atoms with E-state index in [0.717, 1.165) is 0 Å². The predicted octanol–water partition coefficient (Wildman–Crippen LogP) is 5.19. The number of carbonyl (C=O) groups is 2. The van der Waals surface area contributed by atoms with Gasteiger partial charge >= 0.3 is 5.97 Å². The molecule has 2 aliphatic rings. The number of amides is 1. The van der Waals surface area contributed by atoms with E-state index in [1.165, 1.54) is 0 Å². The highest BCUT2D eigenvalue weighted by Gasteiger charge is 2.75. The monoisotopic (exact) mass is 399 g/mol. The van der Waals surface area contributed by atoms with E-state index in [9.17, 15) is 9.59 Å². The summed E-state index contributed by atoms with van der Waals surface area (Å²) in [6, 6.07) is 14.3. The van der Waals surface area contributed by atoms with Gasteiger partial charge < -0.3 is 14.8 Å². The molecule has 1 aliphatic heterocycles. The largest absolute Gasteiger partial charge is 0.455 e. The summed E-state index contributed by atoms with van der Waals surface area (Å²) < 4.78 is 11.6. The van der Waals surface area contributed by atoms with Crippen LogP contribution in [0.25, 0.3) is 0 Å². The van der Waals surface area contributed by atoms with Gasteiger partial charge in [0.1, 0.15) is 5.75 Å². The Morgan fingerprint density at radius 3 is 2.43 bits per heavy atom. The average Bonchev–Trinajstić information content (AvgIpc) is 2.95. The minimum absolute atomic E-state index is 0.314. The first-order valence-electron chi connectivity index (χ1n) is 9.27. The molecule has 0 spiro atoms. The standard InChI is InChI=1S/C22H22ClNO4/c1-20(2)21(3)11-12-22(20,28-19(21)26)18(25)24-16-13-14(23)9-10-17(16)27-15-7-5-4-6-8-15/h4-10,13H,11-12H2,1-3H3,(H,24,25). The fourth-order valence-electron chi connectivity index (χ4n) is 4.27. The summed E-state index contributed by atoms with van der Waals surface area (Å²) >= 11 is 6.15. The summed E-state index contributed by atoms with van der Waals surface area (Å²) in [5.41, 5.74) is -2.06. The smallest absolute Gasteiger partial charge is 0.313 e. The summed E-state index contributed by atoms with van der Waals surface area (Å²) in [7, 11) is 0. The van der Waals surface area contributed by atoms with Crippen LogP contribution in [0.4, 0.5) is 5.69 Å². The summed E-state index contributed by atoms with van der Waals surface area (Å²) in [5.74, 6) is 0.431. The Kier molecular flexibility index (Phi) is 4.19. The Morgan fingerprint density at radius 2 is 1.82 bits per heavy atom. The lowest BCUT2D eigenvalue weighted by molar-refractivity contribution is -0.165. The molecule has 2 unspecified atom stereocenters. The van der Waals surface area contributed by atoms with Crippen LogP contribution in [-0.2, 0) is 14.3 Å². The van der Waals surface area contributed by atoms with Gasteiger partial charge in [0.2, 0.25) is 0 Å². The molecule has 1 N–H and O–H groups in total. The molecule has 1 saturated carbocycles. The molecule has 6 heteroatoms. The number of fused-ring (bicyclic) bond motifs is 2. The fourth-order valence-corrected chi connectivity index (χ4v) is 4.45. The number of hydrogen-bond donors (Lipinski definition) is 1. The van der Waals surface area contributed by atoms with Gasteiger partial charge in [-0.15, -0.1) is 0 Å². The number of nitrogens with one attached hydrogen (secondary N) is 1. The van der Waals surface area contributed by atoms with Crippen LogP contribution in [0.5, 0.6) is 11.5 Å². The van der Waals surface area contributed by atoms with Gasteiger partial charge in [0.05, 0.1) is 11.1 Å². The van der Waals surface area contributed by atoms with E-state index >= 15 is 0 Å². The van der Waals surface area contributed by atoms with Gasteiger partial charge in [0.15, 0.2) is 11.4 Å². The van der Waals surface area contributed by atoms with Gasteiger partial charge in [-0.25, -0.2) is 0 Å². The normalized spacial score (nSPS) is 27.4. The zero-order valence-electron chi connectivity index (χ0n) is 16.0. The van der Waals surface area contributed by atoms with E-state index in [1.807, 2.05) is 51.1 Å². The van der Waals surface area contributed by atoms with Crippen molar-refractivity contribution in [2.75, 3.05) is 5.32 Å². The number of halogens is 1. The number of hydrogen-bond acceptors (Lipinski definition) is 4. The number of ether oxygens (including phenoxy) is 2. The van der Waals surface area contributed by atoms with Crippen molar-refractivity contribution in [3.05, 3.63) is 53.6 Å². The van der Waals surface area contributed by atoms with Crippen molar-refractivity contribution >= 4 is 29.2 Å². The van der Waals surface area contributed by atoms with Crippen molar-refractivity contribution in [1.82, 2.24) is 0 Å². The second-order valence-corrected chi connectivity index (χ2v) is 8.62. The maximum absolute atomic E-state index is 13.3. The van der Waals surface area contributed by atoms with Crippen molar-refractivity contribution < 1.29 is 19.1 Å². The highest BCUT2D eigenvalue weighted by atomic mass is 35.5. The summed E-state index contributed by atoms with van der Waals surface area (Å²) in [6.07, 6.45) is 1.11. The van der Waals surface area contributed by atoms with Crippen molar-refractivity contribution in [3.63, 3.8) is 0 Å². The molecule has 1 amide bonds. The number of esters is 1. The second-order valence-electron chi connectivity index (χ2n) is 8.18. The minimum atomic E-state index is -1.20. The third-order valence-electron chi connectivity index (χ3n) is 6.61. The van der Waals surface area contributed by atoms with Gasteiger partial charge in [-0.1, -0.05) is 43.6 Å². The molecule has 0 aromatic heterocycles. The van der Waals surface area contributed by atoms with Crippen molar-refractivity contribution in [2.45, 2.75) is 39.2 Å². The number of carbonyl (C=O) groups excluding carboxylic acids is 2. The molecule has 1 saturated heterocycles. The molecule has 4 rings (SSSR count). The number of anilines is 1. The maximum Gasteiger partial charge on any atom is 0.313 e. The summed E-state index contributed by atoms with van der Waals surface area (Å²) in [6.45, 7) is 5.72. The van der Waals surface area contributed by atoms with Crippen LogP contribution in [0.3, 0.4) is 0 Å². The van der Waals surface area contributed by atoms with Crippen molar-refractivity contribution in [3.8, 4) is 11.5 Å². The third-order valence-corrected chi connectivity index (χ3v) is 6.85. The van der Waals surface area contributed by atoms with E-state index in [4.69, 9.17) is 21.1 Å². The van der Waals surface area contributed by atoms with Crippen LogP contribution in [0.2, 0.25) is 5.02 Å². The van der Waals surface area contributed by atoms with Gasteiger partial charge in [-0.05, 0) is 50.1 Å².